The van der Waals surface area contributed by atoms with Gasteiger partial charge in [0.15, 0.2) is 0 Å². The molecule has 1 N–H and O–H groups in total. The molecule has 0 bridgehead atoms. The van der Waals surface area contributed by atoms with Crippen LogP contribution >= 0.6 is 11.6 Å². The van der Waals surface area contributed by atoms with E-state index in [1.807, 2.05) is 19.1 Å². The zero-order valence-corrected chi connectivity index (χ0v) is 11.1. The molecule has 96 valence electrons. The van der Waals surface area contributed by atoms with E-state index in [0.29, 0.717) is 11.6 Å². The molecule has 2 rings (SSSR count). The molecule has 1 heterocycles. The monoisotopic (exact) mass is 266 g/mol. The van der Waals surface area contributed by atoms with E-state index in [4.69, 9.17) is 11.6 Å². The summed E-state index contributed by atoms with van der Waals surface area (Å²) in [5.74, 6) is -0.275. The highest BCUT2D eigenvalue weighted by atomic mass is 35.5. The summed E-state index contributed by atoms with van der Waals surface area (Å²) in [4.78, 5) is 24.8. The van der Waals surface area contributed by atoms with Gasteiger partial charge in [0, 0.05) is 17.3 Å². The number of nitrogens with one attached hydrogen (secondary N) is 1. The normalized spacial score (nSPS) is 19.5. The second kappa shape index (κ2) is 4.98. The molecule has 0 saturated carbocycles. The number of nitrogens with zero attached hydrogens (tertiary/aromatic N) is 1. The molecule has 1 aromatic rings. The van der Waals surface area contributed by atoms with Crippen molar-refractivity contribution in [3.8, 4) is 0 Å². The van der Waals surface area contributed by atoms with Crippen molar-refractivity contribution in [1.29, 1.82) is 0 Å². The molecule has 0 aromatic heterocycles. The highest BCUT2D eigenvalue weighted by molar-refractivity contribution is 6.30. The number of hydrogen-bond acceptors (Lipinski definition) is 3. The Bertz CT molecular complexity index is 502. The molecule has 1 unspecified atom stereocenters. The minimum atomic E-state index is -0.461. The molecular formula is C13H15ClN2O2. The van der Waals surface area contributed by atoms with Gasteiger partial charge in [-0.25, -0.2) is 0 Å². The molecule has 5 heteroatoms. The van der Waals surface area contributed by atoms with Gasteiger partial charge in [-0.3, -0.25) is 14.5 Å². The lowest BCUT2D eigenvalue weighted by molar-refractivity contribution is -0.138. The molecule has 1 aliphatic rings. The van der Waals surface area contributed by atoms with Crippen molar-refractivity contribution >= 4 is 29.1 Å². The van der Waals surface area contributed by atoms with Crippen LogP contribution in [0.4, 0.5) is 5.69 Å². The van der Waals surface area contributed by atoms with Crippen LogP contribution in [0, 0.1) is 6.92 Å². The maximum Gasteiger partial charge on any atom is 0.252 e. The maximum atomic E-state index is 11.9. The Labute approximate surface area is 111 Å². The topological polar surface area (TPSA) is 49.4 Å². The van der Waals surface area contributed by atoms with E-state index in [2.05, 4.69) is 5.32 Å². The van der Waals surface area contributed by atoms with Crippen LogP contribution in [0.2, 0.25) is 5.02 Å². The van der Waals surface area contributed by atoms with E-state index in [1.54, 1.807) is 13.0 Å². The number of hydrogen-bond donors (Lipinski definition) is 1. The third-order valence-corrected chi connectivity index (χ3v) is 3.31. The van der Waals surface area contributed by atoms with Gasteiger partial charge in [-0.2, -0.15) is 0 Å². The first-order valence-corrected chi connectivity index (χ1v) is 6.27. The number of likely N-dealkylation sites (N-methyl/N-ethyl adjacent to an activating group) is 1. The first-order chi connectivity index (χ1) is 8.52. The van der Waals surface area contributed by atoms with E-state index >= 15 is 0 Å². The summed E-state index contributed by atoms with van der Waals surface area (Å²) in [5, 5.41) is 3.76. The van der Waals surface area contributed by atoms with Crippen LogP contribution in [0.1, 0.15) is 18.9 Å². The number of aryl methyl sites for hydroxylation is 1. The molecule has 1 aromatic carbocycles. The van der Waals surface area contributed by atoms with Crippen molar-refractivity contribution < 1.29 is 9.59 Å². The zero-order valence-electron chi connectivity index (χ0n) is 10.4. The van der Waals surface area contributed by atoms with Gasteiger partial charge in [0.1, 0.15) is 6.04 Å². The molecule has 1 fully saturated rings. The second-order valence-electron chi connectivity index (χ2n) is 4.34. The van der Waals surface area contributed by atoms with E-state index < -0.39 is 6.04 Å². The Balaban J connectivity index is 2.15. The molecule has 0 radical (unpaired) electrons. The number of carbonyl (C=O) groups is 2. The predicted octanol–water partition coefficient (Wildman–Crippen LogP) is 2.21. The van der Waals surface area contributed by atoms with Gasteiger partial charge in [0.05, 0.1) is 6.42 Å². The highest BCUT2D eigenvalue weighted by Gasteiger charge is 2.37. The molecule has 18 heavy (non-hydrogen) atoms. The van der Waals surface area contributed by atoms with E-state index in [9.17, 15) is 9.59 Å². The third-order valence-electron chi connectivity index (χ3n) is 3.08. The molecule has 0 spiro atoms. The summed E-state index contributed by atoms with van der Waals surface area (Å²) in [5.41, 5.74) is 1.79. The summed E-state index contributed by atoms with van der Waals surface area (Å²) in [6.45, 7) is 4.13. The third kappa shape index (κ3) is 2.34. The van der Waals surface area contributed by atoms with E-state index in [-0.39, 0.29) is 18.2 Å². The summed E-state index contributed by atoms with van der Waals surface area (Å²) in [6.07, 6.45) is 0.217. The lowest BCUT2D eigenvalue weighted by Gasteiger charge is -2.15. The van der Waals surface area contributed by atoms with Crippen LogP contribution in [0.15, 0.2) is 18.2 Å². The van der Waals surface area contributed by atoms with Gasteiger partial charge < -0.3 is 5.32 Å². The molecule has 1 atom stereocenters. The molecular weight excluding hydrogens is 252 g/mol. The number of likely N-dealkylation sites (tertiary alicyclic amines) is 1. The summed E-state index contributed by atoms with van der Waals surface area (Å²) >= 11 is 5.87. The molecule has 1 saturated heterocycles. The van der Waals surface area contributed by atoms with Gasteiger partial charge in [0.25, 0.3) is 5.91 Å². The first-order valence-electron chi connectivity index (χ1n) is 5.89. The minimum absolute atomic E-state index is 0.119. The number of benzene rings is 1. The number of anilines is 1. The number of halogens is 1. The Kier molecular flexibility index (Phi) is 3.57. The van der Waals surface area contributed by atoms with Gasteiger partial charge in [-0.15, -0.1) is 0 Å². The van der Waals surface area contributed by atoms with E-state index in [1.165, 1.54) is 4.90 Å². The predicted molar refractivity (Wildman–Crippen MR) is 70.6 cm³/mol. The molecule has 1 aliphatic heterocycles. The quantitative estimate of drug-likeness (QED) is 0.854. The smallest absolute Gasteiger partial charge is 0.252 e. The van der Waals surface area contributed by atoms with Gasteiger partial charge >= 0.3 is 0 Å². The average Bonchev–Trinajstić information content (AvgIpc) is 2.58. The SMILES string of the molecule is CCN1C(=O)CC(Nc2ccc(Cl)cc2C)C1=O. The number of amides is 2. The first kappa shape index (κ1) is 12.9. The number of carbonyl (C=O) groups excluding carboxylic acids is 2. The highest BCUT2D eigenvalue weighted by Crippen LogP contribution is 2.23. The van der Waals surface area contributed by atoms with Crippen LogP contribution in [0.25, 0.3) is 0 Å². The number of imide groups is 1. The Hall–Kier alpha value is -1.55. The number of rotatable bonds is 3. The standard InChI is InChI=1S/C13H15ClN2O2/c1-3-16-12(17)7-11(13(16)18)15-10-5-4-9(14)6-8(10)2/h4-6,11,15H,3,7H2,1-2H3. The molecule has 4 nitrogen and oxygen atoms in total. The van der Waals surface area contributed by atoms with E-state index in [0.717, 1.165) is 11.3 Å². The summed E-state index contributed by atoms with van der Waals surface area (Å²) < 4.78 is 0. The van der Waals surface area contributed by atoms with Crippen molar-refractivity contribution in [3.05, 3.63) is 28.8 Å². The van der Waals surface area contributed by atoms with Crippen LogP contribution in [-0.4, -0.2) is 29.3 Å². The molecule has 0 aliphatic carbocycles. The van der Waals surface area contributed by atoms with Gasteiger partial charge in [-0.1, -0.05) is 11.6 Å². The fraction of sp³-hybridized carbons (Fsp3) is 0.385. The fourth-order valence-electron chi connectivity index (χ4n) is 2.10. The van der Waals surface area contributed by atoms with Crippen LogP contribution < -0.4 is 5.32 Å². The molecule has 2 amide bonds. The Morgan fingerprint density at radius 3 is 2.72 bits per heavy atom. The largest absolute Gasteiger partial charge is 0.373 e. The van der Waals surface area contributed by atoms with Crippen molar-refractivity contribution in [2.45, 2.75) is 26.3 Å². The van der Waals surface area contributed by atoms with Crippen molar-refractivity contribution in [1.82, 2.24) is 4.90 Å². The summed E-state index contributed by atoms with van der Waals surface area (Å²) in [6, 6.07) is 4.94. The Morgan fingerprint density at radius 1 is 1.44 bits per heavy atom. The zero-order chi connectivity index (χ0) is 13.3. The fourth-order valence-corrected chi connectivity index (χ4v) is 2.33. The van der Waals surface area contributed by atoms with Crippen LogP contribution in [0.3, 0.4) is 0 Å². The van der Waals surface area contributed by atoms with Crippen molar-refractivity contribution in [2.24, 2.45) is 0 Å². The van der Waals surface area contributed by atoms with Gasteiger partial charge in [0.2, 0.25) is 5.91 Å². The van der Waals surface area contributed by atoms with Crippen molar-refractivity contribution in [3.63, 3.8) is 0 Å². The summed E-state index contributed by atoms with van der Waals surface area (Å²) in [7, 11) is 0. The lowest BCUT2D eigenvalue weighted by Crippen LogP contribution is -2.34. The van der Waals surface area contributed by atoms with Crippen LogP contribution in [0.5, 0.6) is 0 Å². The second-order valence-corrected chi connectivity index (χ2v) is 4.77. The van der Waals surface area contributed by atoms with Crippen molar-refractivity contribution in [2.75, 3.05) is 11.9 Å². The Morgan fingerprint density at radius 2 is 2.17 bits per heavy atom. The van der Waals surface area contributed by atoms with Crippen LogP contribution in [-0.2, 0) is 9.59 Å². The average molecular weight is 267 g/mol. The lowest BCUT2D eigenvalue weighted by atomic mass is 10.1. The maximum absolute atomic E-state index is 11.9. The minimum Gasteiger partial charge on any atom is -0.373 e. The van der Waals surface area contributed by atoms with Gasteiger partial charge in [-0.05, 0) is 37.6 Å².